The minimum absolute atomic E-state index is 0.125. The number of fused-ring (bicyclic) bond motifs is 1. The highest BCUT2D eigenvalue weighted by atomic mass is 32.9. The van der Waals surface area contributed by atoms with E-state index in [0.717, 1.165) is 16.6 Å². The quantitative estimate of drug-likeness (QED) is 0.470. The van der Waals surface area contributed by atoms with Crippen LogP contribution in [0.3, 0.4) is 0 Å². The van der Waals surface area contributed by atoms with E-state index in [-0.39, 0.29) is 6.10 Å². The zero-order chi connectivity index (χ0) is 17.2. The van der Waals surface area contributed by atoms with Crippen molar-refractivity contribution < 1.29 is 9.26 Å². The van der Waals surface area contributed by atoms with E-state index in [1.165, 1.54) is 10.8 Å². The maximum atomic E-state index is 6.18. The first-order chi connectivity index (χ1) is 11.5. The first-order valence-corrected chi connectivity index (χ1v) is 11.5. The Morgan fingerprint density at radius 3 is 2.29 bits per heavy atom. The lowest BCUT2D eigenvalue weighted by Gasteiger charge is -2.22. The van der Waals surface area contributed by atoms with E-state index < -0.39 is 5.47 Å². The molecule has 2 nitrogen and oxygen atoms in total. The highest BCUT2D eigenvalue weighted by molar-refractivity contribution is 8.64. The summed E-state index contributed by atoms with van der Waals surface area (Å²) in [6.07, 6.45) is -0.125. The first-order valence-electron chi connectivity index (χ1n) is 7.64. The van der Waals surface area contributed by atoms with Crippen LogP contribution < -0.4 is 10.0 Å². The Balaban J connectivity index is 1.83. The number of hydrogen-bond donors (Lipinski definition) is 1. The lowest BCUT2D eigenvalue weighted by molar-refractivity contribution is 0.263. The molecule has 0 N–H and O–H groups in total. The van der Waals surface area contributed by atoms with Crippen molar-refractivity contribution in [3.05, 3.63) is 72.3 Å². The van der Waals surface area contributed by atoms with Gasteiger partial charge in [0.2, 0.25) is 0 Å². The average molecular weight is 374 g/mol. The van der Waals surface area contributed by atoms with Crippen LogP contribution in [0.25, 0.3) is 10.8 Å². The lowest BCUT2D eigenvalue weighted by atomic mass is 10.0. The molecule has 0 bridgehead atoms. The third kappa shape index (κ3) is 3.84. The van der Waals surface area contributed by atoms with E-state index in [2.05, 4.69) is 42.6 Å². The molecule has 1 unspecified atom stereocenters. The summed E-state index contributed by atoms with van der Waals surface area (Å²) in [6.45, 7) is 2.02. The Kier molecular flexibility index (Phi) is 5.31. The molecule has 3 aromatic carbocycles. The summed E-state index contributed by atoms with van der Waals surface area (Å²) in [5.41, 5.74) is -1.28. The number of benzene rings is 3. The molecule has 3 rings (SSSR count). The molecule has 0 saturated carbocycles. The molecule has 2 atom stereocenters. The highest BCUT2D eigenvalue weighted by Gasteiger charge is 2.20. The minimum atomic E-state index is -2.38. The molecule has 0 radical (unpaired) electrons. The van der Waals surface area contributed by atoms with Crippen molar-refractivity contribution in [1.82, 2.24) is 0 Å². The van der Waals surface area contributed by atoms with E-state index in [1.807, 2.05) is 43.3 Å². The highest BCUT2D eigenvalue weighted by Crippen LogP contribution is 2.54. The van der Waals surface area contributed by atoms with E-state index in [9.17, 15) is 0 Å². The van der Waals surface area contributed by atoms with Gasteiger partial charge in [-0.1, -0.05) is 48.2 Å². The van der Waals surface area contributed by atoms with Crippen molar-refractivity contribution in [2.45, 2.75) is 13.0 Å². The van der Waals surface area contributed by atoms with E-state index >= 15 is 0 Å². The van der Waals surface area contributed by atoms with Gasteiger partial charge in [-0.25, -0.2) is 0 Å². The maximum Gasteiger partial charge on any atom is 0.146 e. The number of hydrogen-bond acceptors (Lipinski definition) is 3. The molecule has 0 aromatic heterocycles. The Labute approximate surface area is 153 Å². The SMILES string of the molecule is COc1ccc(P(=S)(S)O[C@@H](C)c2ccc3ccccc3c2)cc1. The van der Waals surface area contributed by atoms with Crippen LogP contribution in [-0.4, -0.2) is 7.11 Å². The van der Waals surface area contributed by atoms with Gasteiger partial charge in [-0.05, 0) is 53.6 Å². The minimum Gasteiger partial charge on any atom is -0.497 e. The third-order valence-corrected chi connectivity index (χ3v) is 7.36. The second-order valence-electron chi connectivity index (χ2n) is 5.57. The van der Waals surface area contributed by atoms with Gasteiger partial charge in [-0.2, -0.15) is 0 Å². The second kappa shape index (κ2) is 7.28. The molecule has 0 heterocycles. The van der Waals surface area contributed by atoms with Crippen LogP contribution in [0.5, 0.6) is 5.75 Å². The molecular formula is C19H19O2PS2. The van der Waals surface area contributed by atoms with E-state index in [1.54, 1.807) is 7.11 Å². The summed E-state index contributed by atoms with van der Waals surface area (Å²) in [5.74, 6) is 0.796. The number of thiol groups is 1. The molecule has 0 aliphatic carbocycles. The van der Waals surface area contributed by atoms with Crippen molar-refractivity contribution in [1.29, 1.82) is 0 Å². The topological polar surface area (TPSA) is 18.5 Å². The zero-order valence-corrected chi connectivity index (χ0v) is 16.2. The van der Waals surface area contributed by atoms with E-state index in [0.29, 0.717) is 0 Å². The molecule has 124 valence electrons. The molecule has 0 aliphatic heterocycles. The smallest absolute Gasteiger partial charge is 0.146 e. The fourth-order valence-corrected chi connectivity index (χ4v) is 5.34. The molecule has 0 saturated heterocycles. The largest absolute Gasteiger partial charge is 0.497 e. The summed E-state index contributed by atoms with van der Waals surface area (Å²) in [4.78, 5) is 0. The van der Waals surface area contributed by atoms with Gasteiger partial charge < -0.3 is 9.26 Å². The summed E-state index contributed by atoms with van der Waals surface area (Å²) in [5, 5.41) is 3.34. The number of methoxy groups -OCH3 is 1. The first kappa shape index (κ1) is 17.5. The lowest BCUT2D eigenvalue weighted by Crippen LogP contribution is -2.06. The van der Waals surface area contributed by atoms with Crippen LogP contribution in [0.1, 0.15) is 18.6 Å². The fraction of sp³-hybridized carbons (Fsp3) is 0.158. The summed E-state index contributed by atoms with van der Waals surface area (Å²) >= 11 is 10.3. The maximum absolute atomic E-state index is 6.18. The fourth-order valence-electron chi connectivity index (χ4n) is 2.57. The van der Waals surface area contributed by atoms with Crippen LogP contribution in [0.4, 0.5) is 0 Å². The average Bonchev–Trinajstić information content (AvgIpc) is 2.61. The van der Waals surface area contributed by atoms with Gasteiger partial charge >= 0.3 is 0 Å². The second-order valence-corrected chi connectivity index (χ2v) is 11.4. The van der Waals surface area contributed by atoms with Crippen LogP contribution in [0, 0.1) is 0 Å². The van der Waals surface area contributed by atoms with Crippen molar-refractivity contribution in [3.63, 3.8) is 0 Å². The summed E-state index contributed by atoms with van der Waals surface area (Å²) in [6, 6.07) is 22.3. The van der Waals surface area contributed by atoms with Crippen molar-refractivity contribution in [3.8, 4) is 5.75 Å². The van der Waals surface area contributed by atoms with Crippen LogP contribution in [0.15, 0.2) is 66.7 Å². The summed E-state index contributed by atoms with van der Waals surface area (Å²) in [7, 11) is 1.64. The predicted octanol–water partition coefficient (Wildman–Crippen LogP) is 5.49. The normalized spacial score (nSPS) is 15.0. The predicted molar refractivity (Wildman–Crippen MR) is 109 cm³/mol. The van der Waals surface area contributed by atoms with Gasteiger partial charge in [0, 0.05) is 5.30 Å². The monoisotopic (exact) mass is 374 g/mol. The zero-order valence-electron chi connectivity index (χ0n) is 13.5. The Morgan fingerprint density at radius 1 is 0.958 bits per heavy atom. The third-order valence-electron chi connectivity index (χ3n) is 3.94. The van der Waals surface area contributed by atoms with Gasteiger partial charge in [0.1, 0.15) is 11.2 Å². The molecule has 24 heavy (non-hydrogen) atoms. The van der Waals surface area contributed by atoms with Gasteiger partial charge in [-0.3, -0.25) is 0 Å². The number of rotatable bonds is 5. The van der Waals surface area contributed by atoms with Gasteiger partial charge in [0.05, 0.1) is 13.2 Å². The van der Waals surface area contributed by atoms with E-state index in [4.69, 9.17) is 21.1 Å². The Bertz CT molecular complexity index is 893. The van der Waals surface area contributed by atoms with Gasteiger partial charge in [-0.15, -0.1) is 12.2 Å². The standard InChI is InChI=1S/C19H19O2PS2/c1-14(16-8-7-15-5-3-4-6-17(15)13-16)21-22(23,24)19-11-9-18(20-2)10-12-19/h3-14H,1-2H3,(H,23,24)/t14-/m0/s1. The van der Waals surface area contributed by atoms with Crippen molar-refractivity contribution in [2.75, 3.05) is 7.11 Å². The molecule has 0 fully saturated rings. The van der Waals surface area contributed by atoms with Crippen molar-refractivity contribution >= 4 is 45.6 Å². The molecular weight excluding hydrogens is 355 g/mol. The van der Waals surface area contributed by atoms with Gasteiger partial charge in [0.15, 0.2) is 0 Å². The van der Waals surface area contributed by atoms with Crippen LogP contribution >= 0.6 is 17.7 Å². The van der Waals surface area contributed by atoms with Crippen LogP contribution in [-0.2, 0) is 16.3 Å². The number of ether oxygens (including phenoxy) is 1. The Hall–Kier alpha value is -1.32. The van der Waals surface area contributed by atoms with Crippen LogP contribution in [0.2, 0.25) is 0 Å². The molecule has 0 aliphatic rings. The van der Waals surface area contributed by atoms with Gasteiger partial charge in [0.25, 0.3) is 0 Å². The molecule has 0 amide bonds. The molecule has 5 heteroatoms. The van der Waals surface area contributed by atoms with Crippen molar-refractivity contribution in [2.24, 2.45) is 0 Å². The molecule has 0 spiro atoms. The Morgan fingerprint density at radius 2 is 1.62 bits per heavy atom. The molecule has 3 aromatic rings. The summed E-state index contributed by atoms with van der Waals surface area (Å²) < 4.78 is 11.4.